The fourth-order valence-corrected chi connectivity index (χ4v) is 2.87. The third kappa shape index (κ3) is 4.78. The van der Waals surface area contributed by atoms with Crippen LogP contribution in [0.15, 0.2) is 65.5 Å². The van der Waals surface area contributed by atoms with E-state index in [-0.39, 0.29) is 24.3 Å². The Hall–Kier alpha value is -3.81. The van der Waals surface area contributed by atoms with Crippen LogP contribution in [0.1, 0.15) is 23.2 Å². The minimum Gasteiger partial charge on any atom is -0.349 e. The number of hydrogen-bond acceptors (Lipinski definition) is 4. The molecule has 2 N–H and O–H groups in total. The maximum absolute atomic E-state index is 13.1. The van der Waals surface area contributed by atoms with Crippen LogP contribution in [0.4, 0.5) is 10.1 Å². The quantitative estimate of drug-likeness (QED) is 0.658. The normalized spacial score (nSPS) is 13.0. The van der Waals surface area contributed by atoms with Crippen molar-refractivity contribution >= 4 is 17.5 Å². The number of benzene rings is 2. The van der Waals surface area contributed by atoms with Crippen molar-refractivity contribution in [2.75, 3.05) is 5.32 Å². The highest BCUT2D eigenvalue weighted by atomic mass is 19.1. The number of nitrogens with zero attached hydrogens (tertiary/aromatic N) is 2. The summed E-state index contributed by atoms with van der Waals surface area (Å²) in [6.45, 7) is -0.280. The van der Waals surface area contributed by atoms with Gasteiger partial charge in [-0.15, -0.1) is 0 Å². The van der Waals surface area contributed by atoms with Gasteiger partial charge in [0.2, 0.25) is 5.91 Å². The Bertz CT molecular complexity index is 1140. The van der Waals surface area contributed by atoms with Crippen LogP contribution in [-0.4, -0.2) is 27.6 Å². The number of rotatable bonds is 6. The first-order valence-corrected chi connectivity index (χ1v) is 9.53. The monoisotopic (exact) mass is 406 g/mol. The second-order valence-electron chi connectivity index (χ2n) is 7.09. The minimum atomic E-state index is -0.434. The zero-order valence-corrected chi connectivity index (χ0v) is 16.0. The fraction of sp³-hybridized carbons (Fsp3) is 0.182. The first-order valence-electron chi connectivity index (χ1n) is 9.53. The minimum absolute atomic E-state index is 0.135. The van der Waals surface area contributed by atoms with E-state index in [0.717, 1.165) is 17.5 Å². The molecule has 30 heavy (non-hydrogen) atoms. The topological polar surface area (TPSA) is 93.1 Å². The Balaban J connectivity index is 1.42. The molecule has 1 aliphatic rings. The zero-order valence-electron chi connectivity index (χ0n) is 16.0. The van der Waals surface area contributed by atoms with Gasteiger partial charge in [0.15, 0.2) is 0 Å². The van der Waals surface area contributed by atoms with Crippen LogP contribution in [0.2, 0.25) is 0 Å². The summed E-state index contributed by atoms with van der Waals surface area (Å²) in [7, 11) is 0. The number of aromatic nitrogens is 2. The van der Waals surface area contributed by atoms with Crippen molar-refractivity contribution in [3.05, 3.63) is 82.4 Å². The number of hydrogen-bond donors (Lipinski definition) is 2. The van der Waals surface area contributed by atoms with Crippen LogP contribution in [0.3, 0.4) is 0 Å². The van der Waals surface area contributed by atoms with Crippen LogP contribution >= 0.6 is 0 Å². The standard InChI is InChI=1S/C22H19FN4O3/c23-16-5-1-14(2-6-16)19-11-12-21(29)27(26-19)13-20(28)24-17-7-3-15(4-8-17)22(30)25-18-9-10-18/h1-8,11-12,18H,9-10,13H2,(H,24,28)(H,25,30). The van der Waals surface area contributed by atoms with Crippen LogP contribution in [0.5, 0.6) is 0 Å². The second-order valence-corrected chi connectivity index (χ2v) is 7.09. The molecule has 0 aliphatic heterocycles. The molecule has 3 aromatic rings. The van der Waals surface area contributed by atoms with E-state index in [1.165, 1.54) is 24.3 Å². The van der Waals surface area contributed by atoms with Crippen LogP contribution < -0.4 is 16.2 Å². The van der Waals surface area contributed by atoms with Crippen molar-refractivity contribution in [2.45, 2.75) is 25.4 Å². The molecule has 1 aromatic heterocycles. The molecule has 1 fully saturated rings. The Morgan fingerprint density at radius 3 is 2.37 bits per heavy atom. The Morgan fingerprint density at radius 1 is 1.00 bits per heavy atom. The molecule has 7 nitrogen and oxygen atoms in total. The molecule has 0 spiro atoms. The van der Waals surface area contributed by atoms with Crippen molar-refractivity contribution in [3.8, 4) is 11.3 Å². The smallest absolute Gasteiger partial charge is 0.267 e. The average molecular weight is 406 g/mol. The van der Waals surface area contributed by atoms with Gasteiger partial charge in [-0.2, -0.15) is 5.10 Å². The first kappa shape index (κ1) is 19.5. The molecule has 0 atom stereocenters. The lowest BCUT2D eigenvalue weighted by atomic mass is 10.1. The molecule has 0 bridgehead atoms. The van der Waals surface area contributed by atoms with Gasteiger partial charge < -0.3 is 10.6 Å². The Morgan fingerprint density at radius 2 is 1.70 bits per heavy atom. The summed E-state index contributed by atoms with van der Waals surface area (Å²) in [5.41, 5.74) is 1.68. The van der Waals surface area contributed by atoms with Gasteiger partial charge in [-0.05, 0) is 67.4 Å². The van der Waals surface area contributed by atoms with E-state index in [1.54, 1.807) is 36.4 Å². The van der Waals surface area contributed by atoms with Crippen LogP contribution in [-0.2, 0) is 11.3 Å². The van der Waals surface area contributed by atoms with E-state index < -0.39 is 11.5 Å². The van der Waals surface area contributed by atoms with Gasteiger partial charge in [-0.25, -0.2) is 9.07 Å². The molecule has 2 aromatic carbocycles. The molecule has 0 saturated heterocycles. The van der Waals surface area contributed by atoms with Gasteiger partial charge in [-0.3, -0.25) is 14.4 Å². The molecule has 0 unspecified atom stereocenters. The van der Waals surface area contributed by atoms with Crippen molar-refractivity contribution < 1.29 is 14.0 Å². The van der Waals surface area contributed by atoms with Gasteiger partial charge in [0.25, 0.3) is 11.5 Å². The molecular weight excluding hydrogens is 387 g/mol. The fourth-order valence-electron chi connectivity index (χ4n) is 2.87. The molecule has 152 valence electrons. The highest BCUT2D eigenvalue weighted by molar-refractivity contribution is 5.96. The molecule has 4 rings (SSSR count). The van der Waals surface area contributed by atoms with Gasteiger partial charge in [-0.1, -0.05) is 0 Å². The maximum Gasteiger partial charge on any atom is 0.267 e. The Labute approximate surface area is 171 Å². The van der Waals surface area contributed by atoms with Gasteiger partial charge in [0.1, 0.15) is 12.4 Å². The number of carbonyl (C=O) groups excluding carboxylic acids is 2. The van der Waals surface area contributed by atoms with E-state index in [0.29, 0.717) is 22.5 Å². The second kappa shape index (κ2) is 8.28. The SMILES string of the molecule is O=C(Cn1nc(-c2ccc(F)cc2)ccc1=O)Nc1ccc(C(=O)NC2CC2)cc1. The lowest BCUT2D eigenvalue weighted by molar-refractivity contribution is -0.117. The maximum atomic E-state index is 13.1. The lowest BCUT2D eigenvalue weighted by Crippen LogP contribution is -2.29. The number of amides is 2. The van der Waals surface area contributed by atoms with Crippen molar-refractivity contribution in [1.82, 2.24) is 15.1 Å². The van der Waals surface area contributed by atoms with E-state index in [9.17, 15) is 18.8 Å². The van der Waals surface area contributed by atoms with Gasteiger partial charge >= 0.3 is 0 Å². The number of carbonyl (C=O) groups is 2. The summed E-state index contributed by atoms with van der Waals surface area (Å²) >= 11 is 0. The summed E-state index contributed by atoms with van der Waals surface area (Å²) in [6, 6.07) is 15.3. The van der Waals surface area contributed by atoms with Crippen molar-refractivity contribution in [2.24, 2.45) is 0 Å². The summed E-state index contributed by atoms with van der Waals surface area (Å²) < 4.78 is 14.1. The molecule has 1 saturated carbocycles. The Kier molecular flexibility index (Phi) is 5.38. The number of halogens is 1. The number of nitrogens with one attached hydrogen (secondary N) is 2. The van der Waals surface area contributed by atoms with Crippen LogP contribution in [0, 0.1) is 5.82 Å². The first-order chi connectivity index (χ1) is 14.5. The van der Waals surface area contributed by atoms with Gasteiger partial charge in [0.05, 0.1) is 5.69 Å². The molecule has 0 radical (unpaired) electrons. The van der Waals surface area contributed by atoms with E-state index in [4.69, 9.17) is 0 Å². The summed E-state index contributed by atoms with van der Waals surface area (Å²) in [5, 5.41) is 9.77. The predicted octanol–water partition coefficient (Wildman–Crippen LogP) is 2.58. The summed E-state index contributed by atoms with van der Waals surface area (Å²) in [6.07, 6.45) is 2.02. The average Bonchev–Trinajstić information content (AvgIpc) is 3.55. The largest absolute Gasteiger partial charge is 0.349 e. The molecule has 8 heteroatoms. The summed E-state index contributed by atoms with van der Waals surface area (Å²) in [4.78, 5) is 36.4. The lowest BCUT2D eigenvalue weighted by Gasteiger charge is -2.09. The van der Waals surface area contributed by atoms with E-state index >= 15 is 0 Å². The zero-order chi connectivity index (χ0) is 21.1. The molecule has 1 aliphatic carbocycles. The molecule has 2 amide bonds. The summed E-state index contributed by atoms with van der Waals surface area (Å²) in [5.74, 6) is -0.942. The molecule has 1 heterocycles. The van der Waals surface area contributed by atoms with Gasteiger partial charge in [0, 0.05) is 28.9 Å². The third-order valence-electron chi connectivity index (χ3n) is 4.64. The predicted molar refractivity (Wildman–Crippen MR) is 109 cm³/mol. The third-order valence-corrected chi connectivity index (χ3v) is 4.64. The van der Waals surface area contributed by atoms with E-state index in [2.05, 4.69) is 15.7 Å². The van der Waals surface area contributed by atoms with E-state index in [1.807, 2.05) is 0 Å². The van der Waals surface area contributed by atoms with Crippen LogP contribution in [0.25, 0.3) is 11.3 Å². The molecular formula is C22H19FN4O3. The highest BCUT2D eigenvalue weighted by Crippen LogP contribution is 2.20. The number of anilines is 1. The highest BCUT2D eigenvalue weighted by Gasteiger charge is 2.23. The van der Waals surface area contributed by atoms with Crippen molar-refractivity contribution in [3.63, 3.8) is 0 Å². The van der Waals surface area contributed by atoms with Crippen molar-refractivity contribution in [1.29, 1.82) is 0 Å².